The first kappa shape index (κ1) is 15.3. The van der Waals surface area contributed by atoms with Crippen LogP contribution in [0.2, 0.25) is 0 Å². The summed E-state index contributed by atoms with van der Waals surface area (Å²) in [5.41, 5.74) is 1.28. The lowest BCUT2D eigenvalue weighted by molar-refractivity contribution is 0.335. The highest BCUT2D eigenvalue weighted by Gasteiger charge is 2.22. The third kappa shape index (κ3) is 3.96. The predicted molar refractivity (Wildman–Crippen MR) is 86.7 cm³/mol. The van der Waals surface area contributed by atoms with Gasteiger partial charge in [-0.25, -0.2) is 0 Å². The van der Waals surface area contributed by atoms with Crippen LogP contribution in [0.15, 0.2) is 21.1 Å². The van der Waals surface area contributed by atoms with Gasteiger partial charge in [-0.15, -0.1) is 0 Å². The number of hydrogen-bond acceptors (Lipinski definition) is 2. The summed E-state index contributed by atoms with van der Waals surface area (Å²) >= 11 is 7.16. The van der Waals surface area contributed by atoms with Crippen LogP contribution in [0.4, 0.5) is 0 Å². The number of halogens is 2. The Morgan fingerprint density at radius 2 is 1.95 bits per heavy atom. The average Bonchev–Trinajstić information content (AvgIpc) is 2.77. The second-order valence-electron chi connectivity index (χ2n) is 5.22. The van der Waals surface area contributed by atoms with Crippen molar-refractivity contribution in [1.82, 2.24) is 5.32 Å². The summed E-state index contributed by atoms with van der Waals surface area (Å²) in [5.74, 6) is 1.69. The Labute approximate surface area is 132 Å². The van der Waals surface area contributed by atoms with Gasteiger partial charge < -0.3 is 10.1 Å². The molecule has 2 atom stereocenters. The lowest BCUT2D eigenvalue weighted by Crippen LogP contribution is -2.30. The molecule has 0 aliphatic heterocycles. The second kappa shape index (κ2) is 7.09. The zero-order valence-electron chi connectivity index (χ0n) is 11.5. The van der Waals surface area contributed by atoms with Gasteiger partial charge in [-0.1, -0.05) is 13.3 Å². The van der Waals surface area contributed by atoms with Gasteiger partial charge in [-0.05, 0) is 75.2 Å². The van der Waals surface area contributed by atoms with E-state index in [9.17, 15) is 0 Å². The molecule has 0 bridgehead atoms. The molecule has 2 unspecified atom stereocenters. The van der Waals surface area contributed by atoms with Crippen LogP contribution in [0.1, 0.15) is 38.7 Å². The minimum atomic E-state index is 0.670. The molecule has 4 heteroatoms. The second-order valence-corrected chi connectivity index (χ2v) is 6.93. The van der Waals surface area contributed by atoms with Gasteiger partial charge in [0.2, 0.25) is 0 Å². The quantitative estimate of drug-likeness (QED) is 0.772. The highest BCUT2D eigenvalue weighted by atomic mass is 79.9. The van der Waals surface area contributed by atoms with Crippen LogP contribution in [0, 0.1) is 5.92 Å². The molecule has 2 rings (SSSR count). The highest BCUT2D eigenvalue weighted by Crippen LogP contribution is 2.35. The molecule has 0 radical (unpaired) electrons. The van der Waals surface area contributed by atoms with Gasteiger partial charge in [0.15, 0.2) is 0 Å². The highest BCUT2D eigenvalue weighted by molar-refractivity contribution is 9.11. The molecule has 2 nitrogen and oxygen atoms in total. The Hall–Kier alpha value is -0.0600. The predicted octanol–water partition coefficient (Wildman–Crippen LogP) is 4.89. The van der Waals surface area contributed by atoms with Gasteiger partial charge in [0, 0.05) is 12.6 Å². The van der Waals surface area contributed by atoms with E-state index < -0.39 is 0 Å². The van der Waals surface area contributed by atoms with E-state index >= 15 is 0 Å². The molecule has 1 saturated carbocycles. The van der Waals surface area contributed by atoms with Crippen LogP contribution >= 0.6 is 31.9 Å². The van der Waals surface area contributed by atoms with Crippen molar-refractivity contribution in [2.24, 2.45) is 5.92 Å². The maximum absolute atomic E-state index is 5.60. The van der Waals surface area contributed by atoms with E-state index in [1.54, 1.807) is 0 Å². The van der Waals surface area contributed by atoms with Gasteiger partial charge in [-0.3, -0.25) is 0 Å². The number of rotatable bonds is 5. The van der Waals surface area contributed by atoms with E-state index in [1.165, 1.54) is 24.8 Å². The molecule has 0 aromatic heterocycles. The topological polar surface area (TPSA) is 21.3 Å². The number of ether oxygens (including phenoxy) is 1. The number of hydrogen-bond donors (Lipinski definition) is 1. The fraction of sp³-hybridized carbons (Fsp3) is 0.600. The van der Waals surface area contributed by atoms with Gasteiger partial charge in [-0.2, -0.15) is 0 Å². The van der Waals surface area contributed by atoms with E-state index in [-0.39, 0.29) is 0 Å². The zero-order chi connectivity index (χ0) is 13.8. The molecule has 1 aliphatic rings. The fourth-order valence-electron chi connectivity index (χ4n) is 2.69. The van der Waals surface area contributed by atoms with Crippen LogP contribution < -0.4 is 10.1 Å². The molecule has 0 heterocycles. The summed E-state index contributed by atoms with van der Waals surface area (Å²) in [6.07, 6.45) is 4.02. The van der Waals surface area contributed by atoms with E-state index in [0.717, 1.165) is 27.2 Å². The molecule has 106 valence electrons. The molecular weight excluding hydrogens is 370 g/mol. The third-order valence-electron chi connectivity index (χ3n) is 3.78. The van der Waals surface area contributed by atoms with Crippen molar-refractivity contribution in [3.63, 3.8) is 0 Å². The van der Waals surface area contributed by atoms with Gasteiger partial charge in [0.05, 0.1) is 15.6 Å². The summed E-state index contributed by atoms with van der Waals surface area (Å²) in [6, 6.07) is 4.95. The Morgan fingerprint density at radius 3 is 2.47 bits per heavy atom. The molecular formula is C15H21Br2NO. The fourth-order valence-corrected chi connectivity index (χ4v) is 4.20. The van der Waals surface area contributed by atoms with Crippen LogP contribution in [-0.2, 0) is 6.54 Å². The Bertz CT molecular complexity index is 413. The van der Waals surface area contributed by atoms with Crippen molar-refractivity contribution >= 4 is 31.9 Å². The Balaban J connectivity index is 2.01. The first-order valence-electron chi connectivity index (χ1n) is 6.96. The lowest BCUT2D eigenvalue weighted by Gasteiger charge is -2.18. The van der Waals surface area contributed by atoms with Crippen molar-refractivity contribution in [1.29, 1.82) is 0 Å². The Kier molecular flexibility index (Phi) is 5.72. The molecule has 19 heavy (non-hydrogen) atoms. The van der Waals surface area contributed by atoms with Crippen LogP contribution in [0.25, 0.3) is 0 Å². The van der Waals surface area contributed by atoms with Gasteiger partial charge in [0.25, 0.3) is 0 Å². The SMILES string of the molecule is CCOc1c(Br)cc(CNC2CCCC2C)cc1Br. The minimum Gasteiger partial charge on any atom is -0.492 e. The van der Waals surface area contributed by atoms with Gasteiger partial charge in [0.1, 0.15) is 5.75 Å². The summed E-state index contributed by atoms with van der Waals surface area (Å²) in [7, 11) is 0. The maximum Gasteiger partial charge on any atom is 0.147 e. The van der Waals surface area contributed by atoms with Crippen molar-refractivity contribution < 1.29 is 4.74 Å². The molecule has 1 aromatic rings. The first-order valence-corrected chi connectivity index (χ1v) is 8.54. The first-order chi connectivity index (χ1) is 9.11. The largest absolute Gasteiger partial charge is 0.492 e. The molecule has 0 saturated heterocycles. The molecule has 1 N–H and O–H groups in total. The summed E-state index contributed by atoms with van der Waals surface area (Å²) in [6.45, 7) is 5.93. The Morgan fingerprint density at radius 1 is 1.26 bits per heavy atom. The molecule has 1 fully saturated rings. The summed E-state index contributed by atoms with van der Waals surface area (Å²) in [5, 5.41) is 3.67. The lowest BCUT2D eigenvalue weighted by atomic mass is 10.1. The van der Waals surface area contributed by atoms with E-state index in [1.807, 2.05) is 6.92 Å². The number of nitrogens with one attached hydrogen (secondary N) is 1. The monoisotopic (exact) mass is 389 g/mol. The van der Waals surface area contributed by atoms with Crippen LogP contribution in [0.3, 0.4) is 0 Å². The maximum atomic E-state index is 5.60. The van der Waals surface area contributed by atoms with E-state index in [4.69, 9.17) is 4.74 Å². The molecule has 0 amide bonds. The minimum absolute atomic E-state index is 0.670. The summed E-state index contributed by atoms with van der Waals surface area (Å²) < 4.78 is 7.63. The van der Waals surface area contributed by atoms with Gasteiger partial charge >= 0.3 is 0 Å². The van der Waals surface area contributed by atoms with Crippen molar-refractivity contribution in [2.75, 3.05) is 6.61 Å². The standard InChI is InChI=1S/C15H21Br2NO/c1-3-19-15-12(16)7-11(8-13(15)17)9-18-14-6-4-5-10(14)2/h7-8,10,14,18H,3-6,9H2,1-2H3. The van der Waals surface area contributed by atoms with Crippen LogP contribution in [-0.4, -0.2) is 12.6 Å². The van der Waals surface area contributed by atoms with Crippen molar-refractivity contribution in [3.05, 3.63) is 26.6 Å². The smallest absolute Gasteiger partial charge is 0.147 e. The zero-order valence-corrected chi connectivity index (χ0v) is 14.7. The molecule has 1 aliphatic carbocycles. The summed E-state index contributed by atoms with van der Waals surface area (Å²) in [4.78, 5) is 0. The average molecular weight is 391 g/mol. The van der Waals surface area contributed by atoms with E-state index in [0.29, 0.717) is 12.6 Å². The molecule has 1 aromatic carbocycles. The molecule has 0 spiro atoms. The van der Waals surface area contributed by atoms with Crippen molar-refractivity contribution in [2.45, 2.75) is 45.7 Å². The normalized spacial score (nSPS) is 22.7. The third-order valence-corrected chi connectivity index (χ3v) is 4.95. The van der Waals surface area contributed by atoms with E-state index in [2.05, 4.69) is 56.2 Å². The van der Waals surface area contributed by atoms with Crippen molar-refractivity contribution in [3.8, 4) is 5.75 Å². The van der Waals surface area contributed by atoms with Crippen LogP contribution in [0.5, 0.6) is 5.75 Å². The number of benzene rings is 1.